The van der Waals surface area contributed by atoms with E-state index in [0.29, 0.717) is 0 Å². The number of nitrogens with zero attached hydrogens (tertiary/aromatic N) is 1. The first-order chi connectivity index (χ1) is 10.3. The van der Waals surface area contributed by atoms with Crippen molar-refractivity contribution in [2.24, 2.45) is 5.92 Å². The van der Waals surface area contributed by atoms with Gasteiger partial charge in [0.05, 0.1) is 0 Å². The Morgan fingerprint density at radius 2 is 1.90 bits per heavy atom. The fourth-order valence-electron chi connectivity index (χ4n) is 3.06. The molecule has 0 aliphatic heterocycles. The van der Waals surface area contributed by atoms with Crippen molar-refractivity contribution >= 4 is 33.4 Å². The Balaban J connectivity index is 1.86. The molecule has 3 heteroatoms. The number of benzene rings is 2. The first-order valence-corrected chi connectivity index (χ1v) is 7.60. The van der Waals surface area contributed by atoms with Gasteiger partial charge in [-0.25, -0.2) is 0 Å². The van der Waals surface area contributed by atoms with E-state index in [1.54, 1.807) is 0 Å². The summed E-state index contributed by atoms with van der Waals surface area (Å²) in [6, 6.07) is 14.7. The number of amides is 1. The second kappa shape index (κ2) is 4.62. The lowest BCUT2D eigenvalue weighted by molar-refractivity contribution is -0.117. The molecule has 1 amide bonds. The summed E-state index contributed by atoms with van der Waals surface area (Å²) in [4.78, 5) is 11.9. The SMILES string of the molecule is CCn1c2ccccc2c2cc(NC(=O)C3CC3)ccc21. The van der Waals surface area contributed by atoms with Gasteiger partial charge in [0.1, 0.15) is 0 Å². The normalized spacial score (nSPS) is 14.7. The number of aryl methyl sites for hydroxylation is 1. The van der Waals surface area contributed by atoms with Gasteiger partial charge in [-0.2, -0.15) is 0 Å². The standard InChI is InChI=1S/C18H18N2O/c1-2-20-16-6-4-3-5-14(16)15-11-13(9-10-17(15)20)19-18(21)12-7-8-12/h3-6,9-12H,2,7-8H2,1H3,(H,19,21). The molecule has 0 radical (unpaired) electrons. The van der Waals surface area contributed by atoms with Crippen molar-refractivity contribution < 1.29 is 4.79 Å². The van der Waals surface area contributed by atoms with Gasteiger partial charge in [-0.15, -0.1) is 0 Å². The van der Waals surface area contributed by atoms with Crippen LogP contribution in [-0.2, 0) is 11.3 Å². The monoisotopic (exact) mass is 278 g/mol. The number of nitrogens with one attached hydrogen (secondary N) is 1. The molecule has 1 aromatic heterocycles. The van der Waals surface area contributed by atoms with Crippen molar-refractivity contribution in [3.8, 4) is 0 Å². The fraction of sp³-hybridized carbons (Fsp3) is 0.278. The lowest BCUT2D eigenvalue weighted by Crippen LogP contribution is -2.13. The van der Waals surface area contributed by atoms with Crippen LogP contribution in [0.4, 0.5) is 5.69 Å². The summed E-state index contributed by atoms with van der Waals surface area (Å²) < 4.78 is 2.32. The van der Waals surface area contributed by atoms with Crippen LogP contribution in [0.1, 0.15) is 19.8 Å². The van der Waals surface area contributed by atoms with E-state index in [2.05, 4.69) is 53.2 Å². The second-order valence-corrected chi connectivity index (χ2v) is 5.76. The van der Waals surface area contributed by atoms with Crippen LogP contribution in [0, 0.1) is 5.92 Å². The lowest BCUT2D eigenvalue weighted by atomic mass is 10.1. The number of anilines is 1. The zero-order chi connectivity index (χ0) is 14.4. The number of hydrogen-bond donors (Lipinski definition) is 1. The number of carbonyl (C=O) groups is 1. The molecule has 1 heterocycles. The van der Waals surface area contributed by atoms with Crippen LogP contribution in [0.3, 0.4) is 0 Å². The van der Waals surface area contributed by atoms with Crippen LogP contribution in [0.25, 0.3) is 21.8 Å². The maximum atomic E-state index is 11.9. The van der Waals surface area contributed by atoms with Gasteiger partial charge in [-0.1, -0.05) is 18.2 Å². The fourth-order valence-corrected chi connectivity index (χ4v) is 3.06. The van der Waals surface area contributed by atoms with E-state index in [0.717, 1.165) is 25.1 Å². The van der Waals surface area contributed by atoms with E-state index in [1.807, 2.05) is 6.07 Å². The first kappa shape index (κ1) is 12.5. The maximum absolute atomic E-state index is 11.9. The third-order valence-corrected chi connectivity index (χ3v) is 4.30. The van der Waals surface area contributed by atoms with Crippen LogP contribution in [0.2, 0.25) is 0 Å². The van der Waals surface area contributed by atoms with E-state index in [4.69, 9.17) is 0 Å². The number of fused-ring (bicyclic) bond motifs is 3. The number of para-hydroxylation sites is 1. The zero-order valence-corrected chi connectivity index (χ0v) is 12.1. The van der Waals surface area contributed by atoms with Gasteiger partial charge in [0.2, 0.25) is 5.91 Å². The molecule has 1 aliphatic rings. The highest BCUT2D eigenvalue weighted by Crippen LogP contribution is 2.33. The minimum Gasteiger partial charge on any atom is -0.341 e. The molecule has 0 atom stereocenters. The topological polar surface area (TPSA) is 34.0 Å². The smallest absolute Gasteiger partial charge is 0.227 e. The summed E-state index contributed by atoms with van der Waals surface area (Å²) in [7, 11) is 0. The highest BCUT2D eigenvalue weighted by Gasteiger charge is 2.29. The molecule has 1 fully saturated rings. The van der Waals surface area contributed by atoms with Crippen LogP contribution < -0.4 is 5.32 Å². The zero-order valence-electron chi connectivity index (χ0n) is 12.1. The largest absolute Gasteiger partial charge is 0.341 e. The molecule has 1 N–H and O–H groups in total. The van der Waals surface area contributed by atoms with E-state index in [9.17, 15) is 4.79 Å². The Hall–Kier alpha value is -2.29. The van der Waals surface area contributed by atoms with Crippen LogP contribution in [0.5, 0.6) is 0 Å². The highest BCUT2D eigenvalue weighted by molar-refractivity contribution is 6.09. The van der Waals surface area contributed by atoms with Crippen molar-refractivity contribution in [2.75, 3.05) is 5.32 Å². The van der Waals surface area contributed by atoms with Crippen molar-refractivity contribution in [3.63, 3.8) is 0 Å². The average Bonchev–Trinajstić information content (AvgIpc) is 3.30. The number of carbonyl (C=O) groups excluding carboxylic acids is 1. The van der Waals surface area contributed by atoms with Gasteiger partial charge in [-0.05, 0) is 44.0 Å². The van der Waals surface area contributed by atoms with Crippen LogP contribution >= 0.6 is 0 Å². The Kier molecular flexibility index (Phi) is 2.74. The molecule has 3 aromatic rings. The van der Waals surface area contributed by atoms with Crippen molar-refractivity contribution in [3.05, 3.63) is 42.5 Å². The Morgan fingerprint density at radius 3 is 2.67 bits per heavy atom. The summed E-state index contributed by atoms with van der Waals surface area (Å²) in [6.07, 6.45) is 2.06. The Bertz CT molecular complexity index is 843. The molecule has 1 aliphatic carbocycles. The third-order valence-electron chi connectivity index (χ3n) is 4.30. The summed E-state index contributed by atoms with van der Waals surface area (Å²) in [5.74, 6) is 0.395. The van der Waals surface area contributed by atoms with E-state index in [-0.39, 0.29) is 11.8 Å². The summed E-state index contributed by atoms with van der Waals surface area (Å²) in [5, 5.41) is 5.50. The van der Waals surface area contributed by atoms with Gasteiger partial charge in [0.15, 0.2) is 0 Å². The molecule has 4 rings (SSSR count). The van der Waals surface area contributed by atoms with E-state index in [1.165, 1.54) is 21.8 Å². The molecular weight excluding hydrogens is 260 g/mol. The van der Waals surface area contributed by atoms with Crippen LogP contribution in [0.15, 0.2) is 42.5 Å². The van der Waals surface area contributed by atoms with Gasteiger partial charge in [-0.3, -0.25) is 4.79 Å². The highest BCUT2D eigenvalue weighted by atomic mass is 16.2. The van der Waals surface area contributed by atoms with Gasteiger partial charge in [0.25, 0.3) is 0 Å². The molecular formula is C18H18N2O. The van der Waals surface area contributed by atoms with Crippen molar-refractivity contribution in [1.82, 2.24) is 4.57 Å². The predicted molar refractivity (Wildman–Crippen MR) is 86.5 cm³/mol. The minimum absolute atomic E-state index is 0.161. The van der Waals surface area contributed by atoms with E-state index < -0.39 is 0 Å². The first-order valence-electron chi connectivity index (χ1n) is 7.60. The van der Waals surface area contributed by atoms with Crippen LogP contribution in [-0.4, -0.2) is 10.5 Å². The van der Waals surface area contributed by atoms with E-state index >= 15 is 0 Å². The minimum atomic E-state index is 0.161. The summed E-state index contributed by atoms with van der Waals surface area (Å²) in [6.45, 7) is 3.10. The average molecular weight is 278 g/mol. The third kappa shape index (κ3) is 2.00. The predicted octanol–water partition coefficient (Wildman–Crippen LogP) is 4.16. The molecule has 0 saturated heterocycles. The molecule has 21 heavy (non-hydrogen) atoms. The number of aromatic nitrogens is 1. The maximum Gasteiger partial charge on any atom is 0.227 e. The van der Waals surface area contributed by atoms with Gasteiger partial charge in [0, 0.05) is 40.0 Å². The number of hydrogen-bond acceptors (Lipinski definition) is 1. The number of rotatable bonds is 3. The summed E-state index contributed by atoms with van der Waals surface area (Å²) >= 11 is 0. The summed E-state index contributed by atoms with van der Waals surface area (Å²) in [5.41, 5.74) is 3.38. The molecule has 0 spiro atoms. The van der Waals surface area contributed by atoms with Gasteiger partial charge >= 0.3 is 0 Å². The molecule has 2 aromatic carbocycles. The molecule has 106 valence electrons. The van der Waals surface area contributed by atoms with Crippen molar-refractivity contribution in [2.45, 2.75) is 26.3 Å². The molecule has 0 unspecified atom stereocenters. The van der Waals surface area contributed by atoms with Gasteiger partial charge < -0.3 is 9.88 Å². The Labute approximate surface area is 123 Å². The molecule has 0 bridgehead atoms. The molecule has 1 saturated carbocycles. The quantitative estimate of drug-likeness (QED) is 0.766. The second-order valence-electron chi connectivity index (χ2n) is 5.76. The Morgan fingerprint density at radius 1 is 1.14 bits per heavy atom. The molecule has 3 nitrogen and oxygen atoms in total. The van der Waals surface area contributed by atoms with Crippen molar-refractivity contribution in [1.29, 1.82) is 0 Å². The lowest BCUT2D eigenvalue weighted by Gasteiger charge is -2.06.